The molecule has 1 saturated heterocycles. The highest BCUT2D eigenvalue weighted by atomic mass is 32.1. The summed E-state index contributed by atoms with van der Waals surface area (Å²) in [4.78, 5) is 8.82. The summed E-state index contributed by atoms with van der Waals surface area (Å²) in [6.45, 7) is 9.71. The second-order valence-electron chi connectivity index (χ2n) is 5.99. The van der Waals surface area contributed by atoms with Gasteiger partial charge in [-0.2, -0.15) is 5.10 Å². The van der Waals surface area contributed by atoms with Gasteiger partial charge in [0, 0.05) is 50.7 Å². The molecule has 0 radical (unpaired) electrons. The number of rotatable bonds is 6. The molecule has 0 aromatic carbocycles. The van der Waals surface area contributed by atoms with Crippen molar-refractivity contribution >= 4 is 12.2 Å². The van der Waals surface area contributed by atoms with Crippen LogP contribution in [0.1, 0.15) is 0 Å². The van der Waals surface area contributed by atoms with Gasteiger partial charge in [0.25, 0.3) is 0 Å². The number of nitrogens with zero attached hydrogens (tertiary/aromatic N) is 6. The number of hydrogen-bond donors (Lipinski definition) is 0. The summed E-state index contributed by atoms with van der Waals surface area (Å²) in [5, 5.41) is 4.75. The Bertz CT molecular complexity index is 808. The molecule has 6 nitrogen and oxygen atoms in total. The van der Waals surface area contributed by atoms with Crippen LogP contribution in [0.15, 0.2) is 37.2 Å². The summed E-state index contributed by atoms with van der Waals surface area (Å²) >= 11 is 5.64. The maximum absolute atomic E-state index is 5.64. The Balaban J connectivity index is 1.80. The van der Waals surface area contributed by atoms with Gasteiger partial charge in [0.15, 0.2) is 10.6 Å². The van der Waals surface area contributed by atoms with Crippen molar-refractivity contribution in [2.45, 2.75) is 13.2 Å². The molecule has 0 bridgehead atoms. The summed E-state index contributed by atoms with van der Waals surface area (Å²) in [5.74, 6) is 3.53. The molecule has 130 valence electrons. The van der Waals surface area contributed by atoms with Crippen LogP contribution in [0, 0.1) is 17.1 Å². The van der Waals surface area contributed by atoms with Gasteiger partial charge in [-0.1, -0.05) is 12.0 Å². The predicted octanol–water partition coefficient (Wildman–Crippen LogP) is 1.87. The zero-order valence-corrected chi connectivity index (χ0v) is 15.0. The molecule has 2 aromatic rings. The average Bonchev–Trinajstić information content (AvgIpc) is 2.94. The largest absolute Gasteiger partial charge is 0.296 e. The van der Waals surface area contributed by atoms with Crippen molar-refractivity contribution in [3.05, 3.63) is 42.0 Å². The van der Waals surface area contributed by atoms with Gasteiger partial charge in [-0.05, 0) is 24.4 Å². The molecule has 0 atom stereocenters. The topological polar surface area (TPSA) is 42.1 Å². The standard InChI is InChI=1S/C18H22N6S/c1-3-8-21-10-12-22(13-11-21)15-24-18(25)23(9-4-2)17(20-24)16-6-5-7-19-14-16/h1,4-7,14H,2,8-13,15H2. The molecule has 2 aromatic heterocycles. The van der Waals surface area contributed by atoms with Crippen molar-refractivity contribution in [2.24, 2.45) is 0 Å². The molecule has 3 rings (SSSR count). The van der Waals surface area contributed by atoms with Crippen molar-refractivity contribution in [1.82, 2.24) is 29.1 Å². The van der Waals surface area contributed by atoms with E-state index in [-0.39, 0.29) is 0 Å². The Hall–Kier alpha value is -2.27. The number of hydrogen-bond acceptors (Lipinski definition) is 5. The lowest BCUT2D eigenvalue weighted by molar-refractivity contribution is 0.111. The van der Waals surface area contributed by atoms with Crippen LogP contribution in [0.5, 0.6) is 0 Å². The second kappa shape index (κ2) is 8.21. The van der Waals surface area contributed by atoms with E-state index >= 15 is 0 Å². The Labute approximate surface area is 153 Å². The third kappa shape index (κ3) is 4.04. The van der Waals surface area contributed by atoms with Gasteiger partial charge in [-0.25, -0.2) is 4.68 Å². The van der Waals surface area contributed by atoms with Crippen LogP contribution in [0.2, 0.25) is 0 Å². The SMILES string of the molecule is C#CCN1CCN(Cn2nc(-c3cccnc3)n(CC=C)c2=S)CC1. The highest BCUT2D eigenvalue weighted by Gasteiger charge is 2.18. The first-order chi connectivity index (χ1) is 12.2. The zero-order valence-electron chi connectivity index (χ0n) is 14.2. The van der Waals surface area contributed by atoms with Gasteiger partial charge in [0.1, 0.15) is 0 Å². The van der Waals surface area contributed by atoms with E-state index in [1.165, 1.54) is 0 Å². The molecule has 0 spiro atoms. The fraction of sp³-hybridized carbons (Fsp3) is 0.389. The first-order valence-electron chi connectivity index (χ1n) is 8.30. The maximum atomic E-state index is 5.64. The minimum atomic E-state index is 0.624. The van der Waals surface area contributed by atoms with E-state index < -0.39 is 0 Å². The average molecular weight is 354 g/mol. The Morgan fingerprint density at radius 2 is 2.04 bits per heavy atom. The van der Waals surface area contributed by atoms with E-state index in [1.807, 2.05) is 27.5 Å². The van der Waals surface area contributed by atoms with Crippen LogP contribution in [0.25, 0.3) is 11.4 Å². The van der Waals surface area contributed by atoms with E-state index in [9.17, 15) is 0 Å². The normalized spacial score (nSPS) is 15.8. The van der Waals surface area contributed by atoms with E-state index in [0.717, 1.165) is 37.6 Å². The third-order valence-electron chi connectivity index (χ3n) is 4.27. The molecule has 25 heavy (non-hydrogen) atoms. The van der Waals surface area contributed by atoms with E-state index in [2.05, 4.69) is 27.3 Å². The van der Waals surface area contributed by atoms with Crippen LogP contribution in [0.3, 0.4) is 0 Å². The lowest BCUT2D eigenvalue weighted by Crippen LogP contribution is -2.46. The summed E-state index contributed by atoms with van der Waals surface area (Å²) in [6, 6.07) is 3.90. The van der Waals surface area contributed by atoms with Crippen molar-refractivity contribution in [1.29, 1.82) is 0 Å². The highest BCUT2D eigenvalue weighted by Crippen LogP contribution is 2.17. The molecular weight excluding hydrogens is 332 g/mol. The summed E-state index contributed by atoms with van der Waals surface area (Å²) in [6.07, 6.45) is 10.8. The fourth-order valence-corrected chi connectivity index (χ4v) is 3.20. The summed E-state index contributed by atoms with van der Waals surface area (Å²) < 4.78 is 4.58. The van der Waals surface area contributed by atoms with E-state index in [0.29, 0.717) is 24.5 Å². The predicted molar refractivity (Wildman–Crippen MR) is 101 cm³/mol. The molecule has 0 saturated carbocycles. The highest BCUT2D eigenvalue weighted by molar-refractivity contribution is 7.71. The van der Waals surface area contributed by atoms with E-state index in [4.69, 9.17) is 23.7 Å². The van der Waals surface area contributed by atoms with Crippen molar-refractivity contribution in [3.8, 4) is 23.7 Å². The molecule has 0 aliphatic carbocycles. The van der Waals surface area contributed by atoms with Crippen molar-refractivity contribution in [3.63, 3.8) is 0 Å². The third-order valence-corrected chi connectivity index (χ3v) is 4.70. The van der Waals surface area contributed by atoms with Crippen LogP contribution >= 0.6 is 12.2 Å². The lowest BCUT2D eigenvalue weighted by Gasteiger charge is -2.33. The second-order valence-corrected chi connectivity index (χ2v) is 6.35. The van der Waals surface area contributed by atoms with E-state index in [1.54, 1.807) is 12.4 Å². The quantitative estimate of drug-likeness (QED) is 0.450. The molecular formula is C18H22N6S. The van der Waals surface area contributed by atoms with Crippen LogP contribution in [0.4, 0.5) is 0 Å². The number of terminal acetylenes is 1. The van der Waals surface area contributed by atoms with Gasteiger partial charge in [-0.3, -0.25) is 19.4 Å². The molecule has 0 N–H and O–H groups in total. The minimum absolute atomic E-state index is 0.624. The van der Waals surface area contributed by atoms with Crippen LogP contribution in [-0.2, 0) is 13.2 Å². The molecule has 1 fully saturated rings. The van der Waals surface area contributed by atoms with Crippen LogP contribution < -0.4 is 0 Å². The first kappa shape index (κ1) is 17.5. The zero-order chi connectivity index (χ0) is 17.6. The van der Waals surface area contributed by atoms with Gasteiger partial charge in [0.2, 0.25) is 0 Å². The Morgan fingerprint density at radius 1 is 1.28 bits per heavy atom. The number of pyridine rings is 1. The molecule has 0 amide bonds. The smallest absolute Gasteiger partial charge is 0.199 e. The molecule has 1 aliphatic heterocycles. The molecule has 3 heterocycles. The first-order valence-corrected chi connectivity index (χ1v) is 8.71. The fourth-order valence-electron chi connectivity index (χ4n) is 2.94. The Kier molecular flexibility index (Phi) is 5.76. The molecule has 1 aliphatic rings. The number of aromatic nitrogens is 4. The van der Waals surface area contributed by atoms with Crippen molar-refractivity contribution < 1.29 is 0 Å². The van der Waals surface area contributed by atoms with Gasteiger partial charge < -0.3 is 0 Å². The molecule has 7 heteroatoms. The number of allylic oxidation sites excluding steroid dienone is 1. The summed E-state index contributed by atoms with van der Waals surface area (Å²) in [5.41, 5.74) is 0.952. The van der Waals surface area contributed by atoms with Crippen LogP contribution in [-0.4, -0.2) is 61.9 Å². The lowest BCUT2D eigenvalue weighted by atomic mass is 10.3. The van der Waals surface area contributed by atoms with Gasteiger partial charge in [-0.15, -0.1) is 13.0 Å². The number of piperazine rings is 1. The van der Waals surface area contributed by atoms with Crippen molar-refractivity contribution in [2.75, 3.05) is 32.7 Å². The molecule has 0 unspecified atom stereocenters. The minimum Gasteiger partial charge on any atom is -0.296 e. The van der Waals surface area contributed by atoms with Gasteiger partial charge >= 0.3 is 0 Å². The monoisotopic (exact) mass is 354 g/mol. The Morgan fingerprint density at radius 3 is 2.68 bits per heavy atom. The maximum Gasteiger partial charge on any atom is 0.199 e. The van der Waals surface area contributed by atoms with Gasteiger partial charge in [0.05, 0.1) is 13.2 Å². The summed E-state index contributed by atoms with van der Waals surface area (Å²) in [7, 11) is 0.